The van der Waals surface area contributed by atoms with E-state index in [-0.39, 0.29) is 12.1 Å². The van der Waals surface area contributed by atoms with E-state index in [0.717, 1.165) is 40.6 Å². The summed E-state index contributed by atoms with van der Waals surface area (Å²) in [7, 11) is 0. The maximum atomic E-state index is 12.5. The molecule has 1 atom stereocenters. The smallest absolute Gasteiger partial charge is 0.410 e. The van der Waals surface area contributed by atoms with E-state index in [1.807, 2.05) is 64.5 Å². The molecule has 0 radical (unpaired) electrons. The summed E-state index contributed by atoms with van der Waals surface area (Å²) in [6.45, 7) is 9.54. The molecule has 1 saturated heterocycles. The number of piperazine rings is 1. The second kappa shape index (κ2) is 9.94. The molecule has 5 heterocycles. The highest BCUT2D eigenvalue weighted by Crippen LogP contribution is 2.37. The lowest BCUT2D eigenvalue weighted by Gasteiger charge is -2.40. The predicted octanol–water partition coefficient (Wildman–Crippen LogP) is 5.07. The van der Waals surface area contributed by atoms with E-state index < -0.39 is 5.60 Å². The third-order valence-corrected chi connectivity index (χ3v) is 7.51. The third kappa shape index (κ3) is 5.05. The summed E-state index contributed by atoms with van der Waals surface area (Å²) in [4.78, 5) is 30.3. The SMILES string of the molecule is CC1CN(c2ccc(Nc3ncc4c5ccncc5n(C5CCCC5)c4n3)nn2)CCN1C(=O)OC(C)(C)C. The summed E-state index contributed by atoms with van der Waals surface area (Å²) < 4.78 is 7.89. The van der Waals surface area contributed by atoms with Crippen molar-refractivity contribution in [3.63, 3.8) is 0 Å². The number of fused-ring (bicyclic) bond motifs is 3. The minimum Gasteiger partial charge on any atom is -0.444 e. The molecule has 0 bridgehead atoms. The number of pyridine rings is 1. The van der Waals surface area contributed by atoms with Gasteiger partial charge in [0.25, 0.3) is 0 Å². The monoisotopic (exact) mass is 529 g/mol. The van der Waals surface area contributed by atoms with Crippen LogP contribution in [0.5, 0.6) is 0 Å². The maximum Gasteiger partial charge on any atom is 0.410 e. The van der Waals surface area contributed by atoms with Crippen LogP contribution in [0.4, 0.5) is 22.4 Å². The second-order valence-corrected chi connectivity index (χ2v) is 11.5. The summed E-state index contributed by atoms with van der Waals surface area (Å²) in [5.74, 6) is 1.82. The number of carbonyl (C=O) groups is 1. The van der Waals surface area contributed by atoms with Crippen molar-refractivity contribution in [2.45, 2.75) is 71.1 Å². The van der Waals surface area contributed by atoms with Crippen LogP contribution < -0.4 is 10.2 Å². The molecule has 11 nitrogen and oxygen atoms in total. The lowest BCUT2D eigenvalue weighted by molar-refractivity contribution is 0.0158. The molecule has 4 aromatic heterocycles. The number of rotatable bonds is 4. The zero-order valence-electron chi connectivity index (χ0n) is 23.0. The van der Waals surface area contributed by atoms with Gasteiger partial charge in [0.2, 0.25) is 5.95 Å². The Bertz CT molecular complexity index is 1490. The first-order chi connectivity index (χ1) is 18.8. The van der Waals surface area contributed by atoms with Gasteiger partial charge in [-0.2, -0.15) is 4.98 Å². The largest absolute Gasteiger partial charge is 0.444 e. The minimum atomic E-state index is -0.513. The van der Waals surface area contributed by atoms with Crippen molar-refractivity contribution in [1.29, 1.82) is 0 Å². The molecule has 1 unspecified atom stereocenters. The fourth-order valence-corrected chi connectivity index (χ4v) is 5.69. The van der Waals surface area contributed by atoms with Crippen molar-refractivity contribution in [3.05, 3.63) is 36.8 Å². The number of anilines is 3. The quantitative estimate of drug-likeness (QED) is 0.387. The fraction of sp³-hybridized carbons (Fsp3) is 0.500. The van der Waals surface area contributed by atoms with Gasteiger partial charge < -0.3 is 24.4 Å². The topological polar surface area (TPSA) is 114 Å². The first kappa shape index (κ1) is 25.3. The van der Waals surface area contributed by atoms with E-state index in [9.17, 15) is 4.79 Å². The van der Waals surface area contributed by atoms with E-state index in [1.54, 1.807) is 4.90 Å². The Morgan fingerprint density at radius 1 is 1.05 bits per heavy atom. The Balaban J connectivity index is 1.18. The number of nitrogens with one attached hydrogen (secondary N) is 1. The Hall–Kier alpha value is -4.02. The lowest BCUT2D eigenvalue weighted by Crippen LogP contribution is -2.55. The molecule has 6 rings (SSSR count). The van der Waals surface area contributed by atoms with E-state index in [1.165, 1.54) is 12.8 Å². The van der Waals surface area contributed by atoms with Gasteiger partial charge in [-0.3, -0.25) is 4.98 Å². The summed E-state index contributed by atoms with van der Waals surface area (Å²) in [5, 5.41) is 14.2. The molecule has 1 N–H and O–H groups in total. The zero-order chi connectivity index (χ0) is 27.1. The normalized spacial score (nSPS) is 18.7. The van der Waals surface area contributed by atoms with Crippen LogP contribution in [0.15, 0.2) is 36.8 Å². The fourth-order valence-electron chi connectivity index (χ4n) is 5.69. The van der Waals surface area contributed by atoms with Gasteiger partial charge >= 0.3 is 6.09 Å². The van der Waals surface area contributed by atoms with Crippen LogP contribution in [-0.4, -0.2) is 72.0 Å². The van der Waals surface area contributed by atoms with Crippen molar-refractivity contribution in [3.8, 4) is 0 Å². The molecule has 39 heavy (non-hydrogen) atoms. The summed E-state index contributed by atoms with van der Waals surface area (Å²) in [5.41, 5.74) is 1.51. The number of aromatic nitrogens is 6. The molecule has 2 aliphatic rings. The van der Waals surface area contributed by atoms with Gasteiger partial charge in [0, 0.05) is 54.9 Å². The molecular weight excluding hydrogens is 494 g/mol. The van der Waals surface area contributed by atoms with Crippen LogP contribution in [-0.2, 0) is 4.74 Å². The molecule has 4 aromatic rings. The summed E-state index contributed by atoms with van der Waals surface area (Å²) in [6, 6.07) is 6.28. The van der Waals surface area contributed by atoms with Gasteiger partial charge in [0.1, 0.15) is 11.2 Å². The van der Waals surface area contributed by atoms with Gasteiger partial charge in [-0.05, 0) is 58.7 Å². The van der Waals surface area contributed by atoms with Gasteiger partial charge in [-0.25, -0.2) is 9.78 Å². The highest BCUT2D eigenvalue weighted by atomic mass is 16.6. The van der Waals surface area contributed by atoms with Gasteiger partial charge in [-0.1, -0.05) is 12.8 Å². The summed E-state index contributed by atoms with van der Waals surface area (Å²) in [6.07, 6.45) is 10.1. The average molecular weight is 530 g/mol. The Labute approximate surface area is 227 Å². The number of hydrogen-bond donors (Lipinski definition) is 1. The predicted molar refractivity (Wildman–Crippen MR) is 150 cm³/mol. The van der Waals surface area contributed by atoms with Crippen LogP contribution in [0.1, 0.15) is 59.4 Å². The van der Waals surface area contributed by atoms with Crippen molar-refractivity contribution < 1.29 is 9.53 Å². The van der Waals surface area contributed by atoms with E-state index in [2.05, 4.69) is 34.9 Å². The van der Waals surface area contributed by atoms with Crippen LogP contribution in [0, 0.1) is 0 Å². The molecule has 11 heteroatoms. The second-order valence-electron chi connectivity index (χ2n) is 11.5. The highest BCUT2D eigenvalue weighted by molar-refractivity contribution is 6.06. The van der Waals surface area contributed by atoms with Gasteiger partial charge in [-0.15, -0.1) is 10.2 Å². The summed E-state index contributed by atoms with van der Waals surface area (Å²) >= 11 is 0. The van der Waals surface area contributed by atoms with Crippen LogP contribution >= 0.6 is 0 Å². The Morgan fingerprint density at radius 3 is 2.59 bits per heavy atom. The first-order valence-corrected chi connectivity index (χ1v) is 13.7. The third-order valence-electron chi connectivity index (χ3n) is 7.51. The molecule has 0 spiro atoms. The molecule has 1 aliphatic carbocycles. The standard InChI is InChI=1S/C28H35N9O2/c1-18-17-35(13-14-36(18)27(38)39-28(2,3)4)24-10-9-23(33-34-24)31-26-30-15-21-20-11-12-29-16-22(20)37(25(21)32-26)19-7-5-6-8-19/h9-12,15-16,18-19H,5-8,13-14,17H2,1-4H3,(H,30,31,32,33). The molecule has 1 saturated carbocycles. The Morgan fingerprint density at radius 2 is 1.87 bits per heavy atom. The lowest BCUT2D eigenvalue weighted by atomic mass is 10.2. The molecular formula is C28H35N9O2. The molecule has 1 aliphatic heterocycles. The Kier molecular flexibility index (Phi) is 6.44. The van der Waals surface area contributed by atoms with Crippen LogP contribution in [0.3, 0.4) is 0 Å². The number of nitrogens with zero attached hydrogens (tertiary/aromatic N) is 8. The number of hydrogen-bond acceptors (Lipinski definition) is 9. The van der Waals surface area contributed by atoms with E-state index in [0.29, 0.717) is 37.4 Å². The van der Waals surface area contributed by atoms with E-state index >= 15 is 0 Å². The number of ether oxygens (including phenoxy) is 1. The molecule has 1 amide bonds. The van der Waals surface area contributed by atoms with Gasteiger partial charge in [0.05, 0.1) is 11.7 Å². The number of amides is 1. The van der Waals surface area contributed by atoms with Crippen molar-refractivity contribution in [2.75, 3.05) is 29.9 Å². The molecule has 0 aromatic carbocycles. The molecule has 2 fully saturated rings. The van der Waals surface area contributed by atoms with Crippen LogP contribution in [0.2, 0.25) is 0 Å². The van der Waals surface area contributed by atoms with Gasteiger partial charge in [0.15, 0.2) is 11.6 Å². The van der Waals surface area contributed by atoms with Crippen LogP contribution in [0.25, 0.3) is 21.9 Å². The molecule has 204 valence electrons. The van der Waals surface area contributed by atoms with Crippen molar-refractivity contribution >= 4 is 45.6 Å². The maximum absolute atomic E-state index is 12.5. The zero-order valence-corrected chi connectivity index (χ0v) is 23.0. The average Bonchev–Trinajstić information content (AvgIpc) is 3.54. The van der Waals surface area contributed by atoms with E-state index in [4.69, 9.17) is 9.72 Å². The highest BCUT2D eigenvalue weighted by Gasteiger charge is 2.31. The van der Waals surface area contributed by atoms with Crippen molar-refractivity contribution in [1.82, 2.24) is 34.6 Å². The minimum absolute atomic E-state index is 0.00449. The van der Waals surface area contributed by atoms with Crippen molar-refractivity contribution in [2.24, 2.45) is 0 Å². The first-order valence-electron chi connectivity index (χ1n) is 13.7. The number of carbonyl (C=O) groups excluding carboxylic acids is 1.